The minimum absolute atomic E-state index is 0.0800. The van der Waals surface area contributed by atoms with Gasteiger partial charge in [-0.25, -0.2) is 9.59 Å². The Hall–Kier alpha value is -3.30. The zero-order valence-corrected chi connectivity index (χ0v) is 19.5. The number of nitrogens with zero attached hydrogens (tertiary/aromatic N) is 3. The molecular formula is C23H23BrN4O4. The third-order valence-electron chi connectivity index (χ3n) is 5.65. The number of nitrogens with two attached hydrogens (primary N) is 1. The number of carbonyl (C=O) groups is 2. The van der Waals surface area contributed by atoms with Gasteiger partial charge in [-0.15, -0.1) is 0 Å². The summed E-state index contributed by atoms with van der Waals surface area (Å²) >= 11 is 3.38. The molecule has 2 atom stereocenters. The molecule has 166 valence electrons. The fourth-order valence-corrected chi connectivity index (χ4v) is 4.58. The second kappa shape index (κ2) is 8.33. The number of ether oxygens (including phenoxy) is 1. The lowest BCUT2D eigenvalue weighted by molar-refractivity contribution is -0.132. The van der Waals surface area contributed by atoms with Crippen molar-refractivity contribution in [2.75, 3.05) is 13.1 Å². The van der Waals surface area contributed by atoms with E-state index in [1.165, 1.54) is 4.90 Å². The van der Waals surface area contributed by atoms with E-state index in [4.69, 9.17) is 10.5 Å². The van der Waals surface area contributed by atoms with Gasteiger partial charge >= 0.3 is 12.1 Å². The van der Waals surface area contributed by atoms with Gasteiger partial charge in [0.2, 0.25) is 0 Å². The first-order chi connectivity index (χ1) is 14.9. The molecule has 0 saturated heterocycles. The van der Waals surface area contributed by atoms with Crippen molar-refractivity contribution in [3.8, 4) is 12.1 Å². The van der Waals surface area contributed by atoms with E-state index >= 15 is 0 Å². The quantitative estimate of drug-likeness (QED) is 0.633. The molecule has 0 radical (unpaired) electrons. The van der Waals surface area contributed by atoms with E-state index in [-0.39, 0.29) is 24.4 Å². The number of carboxylic acid groups (broad SMARTS) is 1. The molecule has 0 spiro atoms. The third kappa shape index (κ3) is 3.96. The van der Waals surface area contributed by atoms with E-state index in [0.29, 0.717) is 11.1 Å². The fourth-order valence-electron chi connectivity index (χ4n) is 4.32. The molecule has 1 aromatic carbocycles. The molecule has 2 unspecified atom stereocenters. The molecule has 1 aliphatic heterocycles. The molecule has 0 saturated carbocycles. The van der Waals surface area contributed by atoms with Gasteiger partial charge in [0.1, 0.15) is 5.60 Å². The van der Waals surface area contributed by atoms with Crippen LogP contribution in [0.3, 0.4) is 0 Å². The van der Waals surface area contributed by atoms with E-state index in [2.05, 4.69) is 15.9 Å². The molecule has 3 N–H and O–H groups in total. The highest BCUT2D eigenvalue weighted by atomic mass is 79.9. The summed E-state index contributed by atoms with van der Waals surface area (Å²) in [5.74, 6) is -2.74. The van der Waals surface area contributed by atoms with Crippen molar-refractivity contribution >= 4 is 28.0 Å². The van der Waals surface area contributed by atoms with Gasteiger partial charge in [0.15, 0.2) is 5.41 Å². The van der Waals surface area contributed by atoms with Crippen molar-refractivity contribution in [3.63, 3.8) is 0 Å². The summed E-state index contributed by atoms with van der Waals surface area (Å²) < 4.78 is 6.29. The van der Waals surface area contributed by atoms with Gasteiger partial charge in [-0.1, -0.05) is 34.1 Å². The lowest BCUT2D eigenvalue weighted by Gasteiger charge is -2.46. The Morgan fingerprint density at radius 3 is 2.34 bits per heavy atom. The second-order valence-corrected chi connectivity index (χ2v) is 9.72. The van der Waals surface area contributed by atoms with Crippen LogP contribution in [0.15, 0.2) is 51.7 Å². The normalized spacial score (nSPS) is 22.2. The topological polar surface area (TPSA) is 140 Å². The number of carboxylic acids is 1. The predicted octanol–water partition coefficient (Wildman–Crippen LogP) is 3.67. The highest BCUT2D eigenvalue weighted by molar-refractivity contribution is 9.10. The molecule has 1 amide bonds. The number of carbonyl (C=O) groups excluding carboxylic acids is 1. The van der Waals surface area contributed by atoms with Gasteiger partial charge in [-0.3, -0.25) is 0 Å². The minimum Gasteiger partial charge on any atom is -0.478 e. The Kier molecular flexibility index (Phi) is 6.08. The first-order valence-corrected chi connectivity index (χ1v) is 10.7. The highest BCUT2D eigenvalue weighted by Crippen LogP contribution is 2.54. The molecule has 0 aromatic heterocycles. The number of amides is 1. The Balaban J connectivity index is 2.21. The number of hydrogen-bond acceptors (Lipinski definition) is 6. The number of benzene rings is 1. The van der Waals surface area contributed by atoms with Gasteiger partial charge in [-0.05, 0) is 44.0 Å². The number of aliphatic carboxylic acids is 1. The number of hydrogen-bond donors (Lipinski definition) is 2. The zero-order chi connectivity index (χ0) is 23.8. The van der Waals surface area contributed by atoms with Crippen LogP contribution in [0.5, 0.6) is 0 Å². The Morgan fingerprint density at radius 2 is 1.84 bits per heavy atom. The number of fused-ring (bicyclic) bond motifs is 1. The summed E-state index contributed by atoms with van der Waals surface area (Å²) in [5, 5.41) is 30.1. The molecule has 1 aromatic rings. The molecule has 0 fully saturated rings. The molecule has 1 aliphatic carbocycles. The van der Waals surface area contributed by atoms with E-state index < -0.39 is 34.9 Å². The zero-order valence-electron chi connectivity index (χ0n) is 17.9. The van der Waals surface area contributed by atoms with E-state index in [1.54, 1.807) is 51.1 Å². The van der Waals surface area contributed by atoms with Crippen molar-refractivity contribution in [1.29, 1.82) is 10.5 Å². The van der Waals surface area contributed by atoms with E-state index in [1.807, 2.05) is 12.1 Å². The maximum absolute atomic E-state index is 12.7. The summed E-state index contributed by atoms with van der Waals surface area (Å²) in [6.45, 7) is 5.47. The van der Waals surface area contributed by atoms with Crippen LogP contribution in [0.25, 0.3) is 0 Å². The van der Waals surface area contributed by atoms with Crippen LogP contribution in [0.1, 0.15) is 32.3 Å². The van der Waals surface area contributed by atoms with Gasteiger partial charge < -0.3 is 20.5 Å². The molecule has 1 heterocycles. The Bertz CT molecular complexity index is 1090. The number of nitriles is 2. The number of allylic oxidation sites excluding steroid dienone is 1. The second-order valence-electron chi connectivity index (χ2n) is 8.81. The smallest absolute Gasteiger partial charge is 0.410 e. The molecule has 2 aliphatic rings. The first kappa shape index (κ1) is 23.4. The molecule has 3 rings (SSSR count). The van der Waals surface area contributed by atoms with Crippen LogP contribution < -0.4 is 5.73 Å². The minimum atomic E-state index is -1.92. The summed E-state index contributed by atoms with van der Waals surface area (Å²) in [6.07, 6.45) is 1.07. The average molecular weight is 499 g/mol. The van der Waals surface area contributed by atoms with Gasteiger partial charge in [0.25, 0.3) is 0 Å². The summed E-state index contributed by atoms with van der Waals surface area (Å²) in [6, 6.07) is 11.1. The van der Waals surface area contributed by atoms with E-state index in [9.17, 15) is 25.2 Å². The predicted molar refractivity (Wildman–Crippen MR) is 119 cm³/mol. The molecule has 9 heteroatoms. The molecule has 8 nitrogen and oxygen atoms in total. The number of rotatable bonds is 2. The summed E-state index contributed by atoms with van der Waals surface area (Å²) in [7, 11) is 0. The summed E-state index contributed by atoms with van der Waals surface area (Å²) in [5.41, 5.74) is 4.14. The van der Waals surface area contributed by atoms with Crippen LogP contribution >= 0.6 is 15.9 Å². The van der Waals surface area contributed by atoms with Crippen LogP contribution in [0.4, 0.5) is 4.79 Å². The van der Waals surface area contributed by atoms with Crippen LogP contribution in [0, 0.1) is 34.0 Å². The SMILES string of the molecule is CC(C)(C)OC(=O)N1CC=C2C(C(=O)O)=C(N)C(C#N)(C#N)C(c3ccc(Br)cc3)C2C1. The lowest BCUT2D eigenvalue weighted by Crippen LogP contribution is -2.50. The molecule has 0 bridgehead atoms. The molecule has 32 heavy (non-hydrogen) atoms. The Labute approximate surface area is 194 Å². The fraction of sp³-hybridized carbons (Fsp3) is 0.391. The highest BCUT2D eigenvalue weighted by Gasteiger charge is 2.55. The van der Waals surface area contributed by atoms with Crippen molar-refractivity contribution in [3.05, 3.63) is 57.2 Å². The van der Waals surface area contributed by atoms with Crippen LogP contribution in [-0.4, -0.2) is 40.8 Å². The van der Waals surface area contributed by atoms with Gasteiger partial charge in [0.05, 0.1) is 23.4 Å². The van der Waals surface area contributed by atoms with Crippen molar-refractivity contribution in [1.82, 2.24) is 4.90 Å². The number of halogens is 1. The van der Waals surface area contributed by atoms with Crippen molar-refractivity contribution in [2.24, 2.45) is 17.1 Å². The maximum atomic E-state index is 12.7. The van der Waals surface area contributed by atoms with Crippen LogP contribution in [0.2, 0.25) is 0 Å². The van der Waals surface area contributed by atoms with Crippen molar-refractivity contribution < 1.29 is 19.4 Å². The third-order valence-corrected chi connectivity index (χ3v) is 6.18. The van der Waals surface area contributed by atoms with E-state index in [0.717, 1.165) is 4.47 Å². The van der Waals surface area contributed by atoms with Crippen molar-refractivity contribution in [2.45, 2.75) is 32.3 Å². The summed E-state index contributed by atoms with van der Waals surface area (Å²) in [4.78, 5) is 26.3. The van der Waals surface area contributed by atoms with Gasteiger partial charge in [-0.2, -0.15) is 10.5 Å². The maximum Gasteiger partial charge on any atom is 0.410 e. The van der Waals surface area contributed by atoms with Crippen LogP contribution in [-0.2, 0) is 9.53 Å². The Morgan fingerprint density at radius 1 is 1.25 bits per heavy atom. The van der Waals surface area contributed by atoms with Gasteiger partial charge in [0, 0.05) is 29.4 Å². The average Bonchev–Trinajstić information content (AvgIpc) is 2.72. The monoisotopic (exact) mass is 498 g/mol. The standard InChI is InChI=1S/C23H23BrN4O4/c1-22(2,3)32-21(31)28-9-8-15-16(10-28)18(13-4-6-14(24)7-5-13)23(11-25,12-26)19(27)17(15)20(29)30/h4-8,16,18H,9-10,27H2,1-3H3,(H,29,30). The first-order valence-electron chi connectivity index (χ1n) is 9.95. The lowest BCUT2D eigenvalue weighted by atomic mass is 9.58. The largest absolute Gasteiger partial charge is 0.478 e. The molecular weight excluding hydrogens is 476 g/mol.